The van der Waals surface area contributed by atoms with Gasteiger partial charge in [-0.3, -0.25) is 0 Å². The third-order valence-corrected chi connectivity index (χ3v) is 13.1. The van der Waals surface area contributed by atoms with Crippen LogP contribution in [0.25, 0.3) is 12.2 Å². The Bertz CT molecular complexity index is 1240. The molecule has 0 spiro atoms. The van der Waals surface area contributed by atoms with E-state index in [0.717, 1.165) is 0 Å². The van der Waals surface area contributed by atoms with E-state index in [9.17, 15) is 0 Å². The number of benzene rings is 2. The number of rotatable bonds is 4. The van der Waals surface area contributed by atoms with Crippen molar-refractivity contribution in [2.24, 2.45) is 0 Å². The van der Waals surface area contributed by atoms with Crippen LogP contribution in [0.15, 0.2) is 101 Å². The Morgan fingerprint density at radius 2 is 0.879 bits per heavy atom. The monoisotopic (exact) mass is 536 g/mol. The summed E-state index contributed by atoms with van der Waals surface area (Å²) < 4.78 is 2.72. The lowest BCUT2D eigenvalue weighted by Gasteiger charge is -2.21. The van der Waals surface area contributed by atoms with E-state index in [1.54, 1.807) is 0 Å². The highest BCUT2D eigenvalue weighted by Crippen LogP contribution is 2.53. The highest BCUT2D eigenvalue weighted by atomic mass is 32.2. The lowest BCUT2D eigenvalue weighted by Crippen LogP contribution is -2.15. The molecule has 164 valence electrons. The molecule has 33 heavy (non-hydrogen) atoms. The van der Waals surface area contributed by atoms with E-state index in [-0.39, 0.29) is 5.41 Å². The molecule has 4 heterocycles. The van der Waals surface area contributed by atoms with Crippen molar-refractivity contribution in [3.63, 3.8) is 0 Å². The zero-order valence-corrected chi connectivity index (χ0v) is 22.9. The predicted molar refractivity (Wildman–Crippen MR) is 153 cm³/mol. The van der Waals surface area contributed by atoms with Gasteiger partial charge in [-0.05, 0) is 60.7 Å². The van der Waals surface area contributed by atoms with Crippen LogP contribution in [0, 0.1) is 0 Å². The molecule has 0 radical (unpaired) electrons. The standard InChI is InChI=1S/C27H20S6/c1-27(2,23-13-11-17(28-23)15-25-30-19-7-3-4-8-20(19)31-25)24-14-12-18(29-24)16-26-32-21-9-5-6-10-22(21)33-26/h3-16H,1-2H3. The average molecular weight is 537 g/mol. The summed E-state index contributed by atoms with van der Waals surface area (Å²) in [4.78, 5) is 11.0. The van der Waals surface area contributed by atoms with Crippen LogP contribution in [0.2, 0.25) is 0 Å². The van der Waals surface area contributed by atoms with Crippen molar-refractivity contribution in [2.75, 3.05) is 0 Å². The maximum atomic E-state index is 2.35. The smallest absolute Gasteiger partial charge is 0.0513 e. The molecule has 0 saturated carbocycles. The van der Waals surface area contributed by atoms with Gasteiger partial charge < -0.3 is 0 Å². The fourth-order valence-electron chi connectivity index (χ4n) is 3.72. The highest BCUT2D eigenvalue weighted by Gasteiger charge is 2.27. The third-order valence-electron chi connectivity index (χ3n) is 5.55. The van der Waals surface area contributed by atoms with Crippen molar-refractivity contribution in [3.05, 3.63) is 101 Å². The van der Waals surface area contributed by atoms with E-state index in [4.69, 9.17) is 0 Å². The third kappa shape index (κ3) is 4.54. The van der Waals surface area contributed by atoms with E-state index in [2.05, 4.69) is 98.8 Å². The van der Waals surface area contributed by atoms with Crippen LogP contribution >= 0.6 is 69.7 Å². The normalized spacial score (nSPS) is 15.0. The van der Waals surface area contributed by atoms with Gasteiger partial charge in [0, 0.05) is 44.5 Å². The first-order chi connectivity index (χ1) is 16.0. The number of thioether (sulfide) groups is 4. The van der Waals surface area contributed by atoms with Gasteiger partial charge in [0.2, 0.25) is 0 Å². The van der Waals surface area contributed by atoms with Gasteiger partial charge in [0.05, 0.1) is 8.47 Å². The van der Waals surface area contributed by atoms with E-state index in [1.807, 2.05) is 69.7 Å². The van der Waals surface area contributed by atoms with Crippen molar-refractivity contribution in [3.8, 4) is 0 Å². The molecular formula is C27H20S6. The number of hydrogen-bond donors (Lipinski definition) is 0. The highest BCUT2D eigenvalue weighted by molar-refractivity contribution is 8.25. The van der Waals surface area contributed by atoms with Gasteiger partial charge in [-0.1, -0.05) is 85.2 Å². The largest absolute Gasteiger partial charge is 0.140 e. The quantitative estimate of drug-likeness (QED) is 0.254. The molecule has 2 aromatic heterocycles. The fourth-order valence-corrected chi connectivity index (χ4v) is 11.0. The van der Waals surface area contributed by atoms with E-state index >= 15 is 0 Å². The summed E-state index contributed by atoms with van der Waals surface area (Å²) >= 11 is 11.3. The van der Waals surface area contributed by atoms with Crippen molar-refractivity contribution in [1.29, 1.82) is 0 Å². The molecule has 6 heteroatoms. The lowest BCUT2D eigenvalue weighted by molar-refractivity contribution is 0.671. The van der Waals surface area contributed by atoms with Crippen LogP contribution in [0.5, 0.6) is 0 Å². The molecule has 0 nitrogen and oxygen atoms in total. The average Bonchev–Trinajstić information content (AvgIpc) is 3.59. The summed E-state index contributed by atoms with van der Waals surface area (Å²) in [7, 11) is 0. The minimum absolute atomic E-state index is 0.000691. The second-order valence-corrected chi connectivity index (χ2v) is 15.3. The van der Waals surface area contributed by atoms with E-state index in [0.29, 0.717) is 0 Å². The molecule has 0 saturated heterocycles. The second kappa shape index (κ2) is 9.06. The molecule has 0 unspecified atom stereocenters. The molecular weight excluding hydrogens is 517 g/mol. The van der Waals surface area contributed by atoms with Crippen LogP contribution in [0.3, 0.4) is 0 Å². The molecule has 0 atom stereocenters. The molecule has 6 rings (SSSR count). The van der Waals surface area contributed by atoms with Crippen molar-refractivity contribution < 1.29 is 0 Å². The van der Waals surface area contributed by atoms with Crippen LogP contribution in [0.4, 0.5) is 0 Å². The molecule has 2 aromatic carbocycles. The van der Waals surface area contributed by atoms with Gasteiger partial charge in [-0.2, -0.15) is 0 Å². The Balaban J connectivity index is 1.20. The number of thiophene rings is 2. The van der Waals surface area contributed by atoms with Crippen LogP contribution in [-0.4, -0.2) is 0 Å². The topological polar surface area (TPSA) is 0 Å². The van der Waals surface area contributed by atoms with Crippen LogP contribution < -0.4 is 0 Å². The Morgan fingerprint density at radius 1 is 0.515 bits per heavy atom. The molecule has 0 aliphatic carbocycles. The first-order valence-electron chi connectivity index (χ1n) is 10.6. The van der Waals surface area contributed by atoms with Gasteiger partial charge >= 0.3 is 0 Å². The first-order valence-corrected chi connectivity index (χ1v) is 15.5. The van der Waals surface area contributed by atoms with Crippen molar-refractivity contribution >= 4 is 81.9 Å². The van der Waals surface area contributed by atoms with Gasteiger partial charge in [0.1, 0.15) is 0 Å². The lowest BCUT2D eigenvalue weighted by atomic mass is 9.90. The van der Waals surface area contributed by atoms with Gasteiger partial charge in [0.25, 0.3) is 0 Å². The van der Waals surface area contributed by atoms with Crippen molar-refractivity contribution in [1.82, 2.24) is 0 Å². The molecule has 0 bridgehead atoms. The van der Waals surface area contributed by atoms with Gasteiger partial charge in [-0.15, -0.1) is 22.7 Å². The predicted octanol–water partition coefficient (Wildman–Crippen LogP) is 10.5. The van der Waals surface area contributed by atoms with Crippen LogP contribution in [0.1, 0.15) is 33.4 Å². The van der Waals surface area contributed by atoms with E-state index < -0.39 is 0 Å². The maximum absolute atomic E-state index is 2.35. The molecule has 2 aliphatic rings. The molecule has 0 amide bonds. The minimum Gasteiger partial charge on any atom is -0.140 e. The molecule has 2 aliphatic heterocycles. The first kappa shape index (κ1) is 22.2. The Labute approximate surface area is 220 Å². The minimum atomic E-state index is 0.000691. The second-order valence-electron chi connectivity index (χ2n) is 8.26. The van der Waals surface area contributed by atoms with E-state index in [1.165, 1.54) is 47.6 Å². The van der Waals surface area contributed by atoms with Crippen molar-refractivity contribution in [2.45, 2.75) is 38.8 Å². The number of hydrogen-bond acceptors (Lipinski definition) is 6. The molecule has 0 N–H and O–H groups in total. The molecule has 4 aromatic rings. The van der Waals surface area contributed by atoms with Gasteiger partial charge in [0.15, 0.2) is 0 Å². The summed E-state index contributed by atoms with van der Waals surface area (Å²) in [5.41, 5.74) is 0.000691. The summed E-state index contributed by atoms with van der Waals surface area (Å²) in [6.45, 7) is 4.70. The Hall–Kier alpha value is -1.28. The zero-order chi connectivity index (χ0) is 22.4. The maximum Gasteiger partial charge on any atom is 0.0513 e. The summed E-state index contributed by atoms with van der Waals surface area (Å²) in [5.74, 6) is 0. The molecule has 0 fully saturated rings. The van der Waals surface area contributed by atoms with Crippen LogP contribution in [-0.2, 0) is 5.41 Å². The summed E-state index contributed by atoms with van der Waals surface area (Å²) in [5, 5.41) is 0. The van der Waals surface area contributed by atoms with Gasteiger partial charge in [-0.25, -0.2) is 0 Å². The zero-order valence-electron chi connectivity index (χ0n) is 18.0. The number of fused-ring (bicyclic) bond motifs is 2. The summed E-state index contributed by atoms with van der Waals surface area (Å²) in [6.07, 6.45) is 4.69. The Morgan fingerprint density at radius 3 is 1.24 bits per heavy atom. The summed E-state index contributed by atoms with van der Waals surface area (Å²) in [6, 6.07) is 26.5. The Kier molecular flexibility index (Phi) is 6.10. The fraction of sp³-hybridized carbons (Fsp3) is 0.111. The SMILES string of the molecule is CC(C)(c1ccc(C=C2Sc3ccccc3S2)s1)c1ccc(C=C2Sc3ccccc3S2)s1.